The minimum atomic E-state index is -3.41. The molecule has 1 N–H and O–H groups in total. The van der Waals surface area contributed by atoms with Crippen LogP contribution in [0.3, 0.4) is 0 Å². The number of rotatable bonds is 4. The second kappa shape index (κ2) is 5.95. The summed E-state index contributed by atoms with van der Waals surface area (Å²) >= 11 is 0. The van der Waals surface area contributed by atoms with Crippen LogP contribution in [0.1, 0.15) is 48.0 Å². The SMILES string of the molecule is Cc1c(C(=O)O)cccc1S(=O)(=O)CC1CCCCC1. The highest BCUT2D eigenvalue weighted by Gasteiger charge is 2.25. The van der Waals surface area contributed by atoms with E-state index in [2.05, 4.69) is 0 Å². The van der Waals surface area contributed by atoms with Crippen molar-refractivity contribution < 1.29 is 18.3 Å². The summed E-state index contributed by atoms with van der Waals surface area (Å²) < 4.78 is 25.0. The third-order valence-electron chi connectivity index (χ3n) is 4.03. The summed E-state index contributed by atoms with van der Waals surface area (Å²) in [5.41, 5.74) is 0.408. The van der Waals surface area contributed by atoms with Gasteiger partial charge in [-0.25, -0.2) is 13.2 Å². The minimum Gasteiger partial charge on any atom is -0.478 e. The molecule has 0 unspecified atom stereocenters. The maximum Gasteiger partial charge on any atom is 0.335 e. The van der Waals surface area contributed by atoms with Crippen molar-refractivity contribution in [2.24, 2.45) is 5.92 Å². The van der Waals surface area contributed by atoms with Crippen LogP contribution in [0.15, 0.2) is 23.1 Å². The molecule has 0 aromatic heterocycles. The Kier molecular flexibility index (Phi) is 4.48. The van der Waals surface area contributed by atoms with Crippen molar-refractivity contribution in [3.63, 3.8) is 0 Å². The zero-order chi connectivity index (χ0) is 14.8. The van der Waals surface area contributed by atoms with E-state index in [4.69, 9.17) is 5.11 Å². The monoisotopic (exact) mass is 296 g/mol. The highest BCUT2D eigenvalue weighted by molar-refractivity contribution is 7.91. The summed E-state index contributed by atoms with van der Waals surface area (Å²) in [4.78, 5) is 11.3. The van der Waals surface area contributed by atoms with Gasteiger partial charge in [-0.15, -0.1) is 0 Å². The lowest BCUT2D eigenvalue weighted by Crippen LogP contribution is -2.20. The molecule has 1 aromatic carbocycles. The molecule has 0 amide bonds. The van der Waals surface area contributed by atoms with Crippen molar-refractivity contribution in [3.8, 4) is 0 Å². The summed E-state index contributed by atoms with van der Waals surface area (Å²) in [6.07, 6.45) is 5.28. The van der Waals surface area contributed by atoms with Gasteiger partial charge in [0.1, 0.15) is 0 Å². The Bertz CT molecular complexity index is 598. The van der Waals surface area contributed by atoms with E-state index in [-0.39, 0.29) is 22.1 Å². The van der Waals surface area contributed by atoms with E-state index in [1.54, 1.807) is 6.92 Å². The molecule has 1 aliphatic rings. The molecule has 1 aromatic rings. The zero-order valence-electron chi connectivity index (χ0n) is 11.6. The summed E-state index contributed by atoms with van der Waals surface area (Å²) in [5.74, 6) is -0.740. The number of benzene rings is 1. The predicted molar refractivity (Wildman–Crippen MR) is 76.8 cm³/mol. The normalized spacial score (nSPS) is 17.1. The quantitative estimate of drug-likeness (QED) is 0.927. The van der Waals surface area contributed by atoms with Crippen LogP contribution in [0.2, 0.25) is 0 Å². The van der Waals surface area contributed by atoms with Gasteiger partial charge in [-0.3, -0.25) is 0 Å². The van der Waals surface area contributed by atoms with Crippen molar-refractivity contribution in [2.45, 2.75) is 43.9 Å². The summed E-state index contributed by atoms with van der Waals surface area (Å²) in [6, 6.07) is 4.46. The number of sulfone groups is 1. The van der Waals surface area contributed by atoms with Crippen LogP contribution in [-0.2, 0) is 9.84 Å². The molecule has 0 atom stereocenters. The molecule has 1 aliphatic carbocycles. The fraction of sp³-hybridized carbons (Fsp3) is 0.533. The standard InChI is InChI=1S/C15H20O4S/c1-11-13(15(16)17)8-5-9-14(11)20(18,19)10-12-6-3-2-4-7-12/h5,8-9,12H,2-4,6-7,10H2,1H3,(H,16,17). The van der Waals surface area contributed by atoms with E-state index in [0.717, 1.165) is 25.7 Å². The Labute approximate surface area is 119 Å². The number of hydrogen-bond donors (Lipinski definition) is 1. The highest BCUT2D eigenvalue weighted by atomic mass is 32.2. The topological polar surface area (TPSA) is 71.4 Å². The lowest BCUT2D eigenvalue weighted by atomic mass is 9.91. The van der Waals surface area contributed by atoms with Gasteiger partial charge in [0.05, 0.1) is 16.2 Å². The number of carboxylic acids is 1. The molecule has 0 bridgehead atoms. The van der Waals surface area contributed by atoms with Gasteiger partial charge >= 0.3 is 5.97 Å². The van der Waals surface area contributed by atoms with Gasteiger partial charge in [-0.2, -0.15) is 0 Å². The van der Waals surface area contributed by atoms with E-state index < -0.39 is 15.8 Å². The van der Waals surface area contributed by atoms with Crippen molar-refractivity contribution in [2.75, 3.05) is 5.75 Å². The molecule has 1 saturated carbocycles. The van der Waals surface area contributed by atoms with Gasteiger partial charge in [0.25, 0.3) is 0 Å². The fourth-order valence-electron chi connectivity index (χ4n) is 2.94. The number of carbonyl (C=O) groups is 1. The molecule has 5 heteroatoms. The first-order valence-corrected chi connectivity index (χ1v) is 8.62. The second-order valence-electron chi connectivity index (χ2n) is 5.52. The van der Waals surface area contributed by atoms with Crippen LogP contribution >= 0.6 is 0 Å². The van der Waals surface area contributed by atoms with Crippen LogP contribution < -0.4 is 0 Å². The van der Waals surface area contributed by atoms with Crippen molar-refractivity contribution in [1.82, 2.24) is 0 Å². The lowest BCUT2D eigenvalue weighted by molar-refractivity contribution is 0.0696. The summed E-state index contributed by atoms with van der Waals surface area (Å²) in [5, 5.41) is 9.08. The molecular weight excluding hydrogens is 276 g/mol. The first kappa shape index (κ1) is 15.0. The van der Waals surface area contributed by atoms with Crippen LogP contribution in [0.25, 0.3) is 0 Å². The molecular formula is C15H20O4S. The first-order chi connectivity index (χ1) is 9.42. The van der Waals surface area contributed by atoms with Gasteiger partial charge < -0.3 is 5.11 Å². The summed E-state index contributed by atoms with van der Waals surface area (Å²) in [7, 11) is -3.41. The van der Waals surface area contributed by atoms with Crippen LogP contribution in [0.5, 0.6) is 0 Å². The number of carboxylic acid groups (broad SMARTS) is 1. The Hall–Kier alpha value is -1.36. The van der Waals surface area contributed by atoms with Crippen molar-refractivity contribution in [3.05, 3.63) is 29.3 Å². The van der Waals surface area contributed by atoms with Gasteiger partial charge in [0.2, 0.25) is 0 Å². The largest absolute Gasteiger partial charge is 0.478 e. The molecule has 4 nitrogen and oxygen atoms in total. The minimum absolute atomic E-state index is 0.0646. The van der Waals surface area contributed by atoms with Gasteiger partial charge in [-0.05, 0) is 43.4 Å². The Morgan fingerprint density at radius 1 is 1.25 bits per heavy atom. The first-order valence-electron chi connectivity index (χ1n) is 6.97. The molecule has 20 heavy (non-hydrogen) atoms. The average molecular weight is 296 g/mol. The third kappa shape index (κ3) is 3.20. The third-order valence-corrected chi connectivity index (χ3v) is 6.05. The molecule has 0 saturated heterocycles. The second-order valence-corrected chi connectivity index (χ2v) is 7.52. The van der Waals surface area contributed by atoms with Gasteiger partial charge in [0, 0.05) is 0 Å². The predicted octanol–water partition coefficient (Wildman–Crippen LogP) is 3.05. The maximum atomic E-state index is 12.5. The van der Waals surface area contributed by atoms with E-state index in [1.807, 2.05) is 0 Å². The molecule has 0 radical (unpaired) electrons. The molecule has 110 valence electrons. The summed E-state index contributed by atoms with van der Waals surface area (Å²) in [6.45, 7) is 1.57. The average Bonchev–Trinajstić information content (AvgIpc) is 2.39. The zero-order valence-corrected chi connectivity index (χ0v) is 12.4. The van der Waals surface area contributed by atoms with E-state index in [9.17, 15) is 13.2 Å². The smallest absolute Gasteiger partial charge is 0.335 e. The maximum absolute atomic E-state index is 12.5. The van der Waals surface area contributed by atoms with E-state index in [0.29, 0.717) is 5.56 Å². The van der Waals surface area contributed by atoms with Crippen molar-refractivity contribution in [1.29, 1.82) is 0 Å². The lowest BCUT2D eigenvalue weighted by Gasteiger charge is -2.21. The number of hydrogen-bond acceptors (Lipinski definition) is 3. The Balaban J connectivity index is 2.29. The Morgan fingerprint density at radius 3 is 2.50 bits per heavy atom. The Morgan fingerprint density at radius 2 is 1.90 bits per heavy atom. The number of aromatic carboxylic acids is 1. The van der Waals surface area contributed by atoms with Crippen LogP contribution in [0.4, 0.5) is 0 Å². The van der Waals surface area contributed by atoms with Crippen LogP contribution in [-0.4, -0.2) is 25.2 Å². The van der Waals surface area contributed by atoms with E-state index >= 15 is 0 Å². The molecule has 2 rings (SSSR count). The van der Waals surface area contributed by atoms with Crippen molar-refractivity contribution >= 4 is 15.8 Å². The highest BCUT2D eigenvalue weighted by Crippen LogP contribution is 2.28. The van der Waals surface area contributed by atoms with Crippen LogP contribution in [0, 0.1) is 12.8 Å². The van der Waals surface area contributed by atoms with Gasteiger partial charge in [-0.1, -0.05) is 25.3 Å². The fourth-order valence-corrected chi connectivity index (χ4v) is 4.93. The molecule has 0 heterocycles. The molecule has 0 aliphatic heterocycles. The van der Waals surface area contributed by atoms with E-state index in [1.165, 1.54) is 24.6 Å². The molecule has 0 spiro atoms. The molecule has 1 fully saturated rings. The van der Waals surface area contributed by atoms with Gasteiger partial charge in [0.15, 0.2) is 9.84 Å².